The first kappa shape index (κ1) is 17.0. The lowest BCUT2D eigenvalue weighted by atomic mass is 10.0. The summed E-state index contributed by atoms with van der Waals surface area (Å²) in [4.78, 5) is 26.8. The van der Waals surface area contributed by atoms with Gasteiger partial charge in [0.05, 0.1) is 0 Å². The zero-order valence-electron chi connectivity index (χ0n) is 13.4. The summed E-state index contributed by atoms with van der Waals surface area (Å²) in [5.41, 5.74) is 0.925. The number of likely N-dealkylation sites (N-methyl/N-ethyl adjacent to an activating group) is 1. The Morgan fingerprint density at radius 1 is 1.29 bits per heavy atom. The number of hydrogen-bond acceptors (Lipinski definition) is 2. The number of aryl methyl sites for hydroxylation is 1. The van der Waals surface area contributed by atoms with E-state index in [2.05, 4.69) is 0 Å². The highest BCUT2D eigenvalue weighted by molar-refractivity contribution is 5.85. The smallest absolute Gasteiger partial charge is 0.329 e. The first-order valence-electron chi connectivity index (χ1n) is 7.01. The summed E-state index contributed by atoms with van der Waals surface area (Å²) in [6.07, 6.45) is 0. The number of aliphatic carboxylic acids is 1. The number of amides is 2. The summed E-state index contributed by atoms with van der Waals surface area (Å²) >= 11 is 0. The normalized spacial score (nSPS) is 11.1. The molecule has 21 heavy (non-hydrogen) atoms. The average Bonchev–Trinajstić information content (AvgIpc) is 2.38. The predicted octanol–water partition coefficient (Wildman–Crippen LogP) is 2.73. The molecular weight excluding hydrogens is 268 g/mol. The van der Waals surface area contributed by atoms with Crippen LogP contribution in [0.3, 0.4) is 0 Å². The minimum atomic E-state index is -1.23. The van der Waals surface area contributed by atoms with Crippen molar-refractivity contribution in [3.05, 3.63) is 35.4 Å². The largest absolute Gasteiger partial charge is 0.480 e. The van der Waals surface area contributed by atoms with Gasteiger partial charge in [-0.25, -0.2) is 9.59 Å². The van der Waals surface area contributed by atoms with Crippen LogP contribution in [-0.4, -0.2) is 46.0 Å². The molecule has 5 nitrogen and oxygen atoms in total. The van der Waals surface area contributed by atoms with Gasteiger partial charge < -0.3 is 14.9 Å². The summed E-state index contributed by atoms with van der Waals surface area (Å²) in [7, 11) is 1.69. The van der Waals surface area contributed by atoms with E-state index in [1.165, 1.54) is 18.7 Å². The molecule has 0 aliphatic heterocycles. The lowest BCUT2D eigenvalue weighted by Gasteiger charge is -2.37. The van der Waals surface area contributed by atoms with Crippen molar-refractivity contribution < 1.29 is 14.7 Å². The van der Waals surface area contributed by atoms with Crippen molar-refractivity contribution >= 4 is 12.0 Å². The van der Waals surface area contributed by atoms with Gasteiger partial charge in [0, 0.05) is 20.1 Å². The standard InChI is InChI=1S/C16H24N2O3/c1-6-18(16(3,4)14(19)20)15(21)17(5)11-13-9-7-8-12(2)10-13/h7-10H,6,11H2,1-5H3,(H,19,20). The lowest BCUT2D eigenvalue weighted by Crippen LogP contribution is -2.56. The van der Waals surface area contributed by atoms with E-state index >= 15 is 0 Å². The van der Waals surface area contributed by atoms with Crippen molar-refractivity contribution in [2.45, 2.75) is 39.8 Å². The number of carboxylic acids is 1. The van der Waals surface area contributed by atoms with E-state index in [9.17, 15) is 14.7 Å². The number of benzene rings is 1. The molecule has 0 radical (unpaired) electrons. The fraction of sp³-hybridized carbons (Fsp3) is 0.500. The molecule has 0 saturated carbocycles. The van der Waals surface area contributed by atoms with Gasteiger partial charge in [-0.05, 0) is 33.3 Å². The minimum Gasteiger partial charge on any atom is -0.480 e. The molecule has 1 rings (SSSR count). The van der Waals surface area contributed by atoms with E-state index in [-0.39, 0.29) is 6.03 Å². The first-order chi connectivity index (χ1) is 9.70. The molecule has 116 valence electrons. The summed E-state index contributed by atoms with van der Waals surface area (Å²) < 4.78 is 0. The van der Waals surface area contributed by atoms with Crippen LogP contribution < -0.4 is 0 Å². The molecule has 1 aromatic rings. The monoisotopic (exact) mass is 292 g/mol. The number of carboxylic acid groups (broad SMARTS) is 1. The molecule has 0 heterocycles. The molecule has 0 unspecified atom stereocenters. The maximum atomic E-state index is 12.5. The number of nitrogens with zero attached hydrogens (tertiary/aromatic N) is 2. The van der Waals surface area contributed by atoms with Crippen LogP contribution in [0, 0.1) is 6.92 Å². The van der Waals surface area contributed by atoms with Gasteiger partial charge in [0.1, 0.15) is 5.54 Å². The van der Waals surface area contributed by atoms with Gasteiger partial charge in [-0.2, -0.15) is 0 Å². The Kier molecular flexibility index (Phi) is 5.35. The van der Waals surface area contributed by atoms with E-state index in [1.54, 1.807) is 18.9 Å². The summed E-state index contributed by atoms with van der Waals surface area (Å²) in [6, 6.07) is 7.63. The third-order valence-electron chi connectivity index (χ3n) is 3.57. The highest BCUT2D eigenvalue weighted by atomic mass is 16.4. The van der Waals surface area contributed by atoms with Crippen molar-refractivity contribution in [1.82, 2.24) is 9.80 Å². The Bertz CT molecular complexity index is 526. The number of hydrogen-bond donors (Lipinski definition) is 1. The van der Waals surface area contributed by atoms with Crippen LogP contribution in [0.4, 0.5) is 4.79 Å². The van der Waals surface area contributed by atoms with Crippen LogP contribution in [0.15, 0.2) is 24.3 Å². The third-order valence-corrected chi connectivity index (χ3v) is 3.57. The van der Waals surface area contributed by atoms with Gasteiger partial charge in [-0.3, -0.25) is 0 Å². The van der Waals surface area contributed by atoms with Gasteiger partial charge in [0.2, 0.25) is 0 Å². The number of urea groups is 1. The second-order valence-corrected chi connectivity index (χ2v) is 5.74. The maximum Gasteiger partial charge on any atom is 0.329 e. The molecule has 0 aliphatic carbocycles. The Morgan fingerprint density at radius 2 is 1.90 bits per heavy atom. The Balaban J connectivity index is 2.88. The van der Waals surface area contributed by atoms with Crippen LogP contribution in [0.5, 0.6) is 0 Å². The van der Waals surface area contributed by atoms with E-state index in [1.807, 2.05) is 31.2 Å². The quantitative estimate of drug-likeness (QED) is 0.907. The molecule has 0 saturated heterocycles. The number of rotatable bonds is 5. The summed E-state index contributed by atoms with van der Waals surface area (Å²) in [5, 5.41) is 9.29. The van der Waals surface area contributed by atoms with Gasteiger partial charge >= 0.3 is 12.0 Å². The number of carbonyl (C=O) groups excluding carboxylic acids is 1. The molecule has 0 aromatic heterocycles. The van der Waals surface area contributed by atoms with Crippen LogP contribution in [0.2, 0.25) is 0 Å². The molecule has 0 aliphatic rings. The van der Waals surface area contributed by atoms with Crippen LogP contribution in [-0.2, 0) is 11.3 Å². The van der Waals surface area contributed by atoms with E-state index < -0.39 is 11.5 Å². The molecule has 1 aromatic carbocycles. The summed E-state index contributed by atoms with van der Waals surface area (Å²) in [5.74, 6) is -1.01. The van der Waals surface area contributed by atoms with Gasteiger partial charge in [-0.1, -0.05) is 29.8 Å². The van der Waals surface area contributed by atoms with Crippen molar-refractivity contribution in [1.29, 1.82) is 0 Å². The van der Waals surface area contributed by atoms with Crippen LogP contribution in [0.25, 0.3) is 0 Å². The van der Waals surface area contributed by atoms with Gasteiger partial charge in [0.15, 0.2) is 0 Å². The minimum absolute atomic E-state index is 0.286. The van der Waals surface area contributed by atoms with Crippen LogP contribution >= 0.6 is 0 Å². The molecule has 1 N–H and O–H groups in total. The van der Waals surface area contributed by atoms with Gasteiger partial charge in [0.25, 0.3) is 0 Å². The molecule has 0 fully saturated rings. The van der Waals surface area contributed by atoms with E-state index in [0.717, 1.165) is 11.1 Å². The first-order valence-corrected chi connectivity index (χ1v) is 7.01. The average molecular weight is 292 g/mol. The Labute approximate surface area is 126 Å². The van der Waals surface area contributed by atoms with Crippen molar-refractivity contribution in [2.24, 2.45) is 0 Å². The predicted molar refractivity (Wildman–Crippen MR) is 82.1 cm³/mol. The van der Waals surface area contributed by atoms with Gasteiger partial charge in [-0.15, -0.1) is 0 Å². The molecule has 0 spiro atoms. The van der Waals surface area contributed by atoms with Crippen molar-refractivity contribution in [3.8, 4) is 0 Å². The van der Waals surface area contributed by atoms with E-state index in [4.69, 9.17) is 0 Å². The molecule has 5 heteroatoms. The fourth-order valence-electron chi connectivity index (χ4n) is 2.24. The lowest BCUT2D eigenvalue weighted by molar-refractivity contribution is -0.147. The second-order valence-electron chi connectivity index (χ2n) is 5.74. The zero-order valence-corrected chi connectivity index (χ0v) is 13.4. The molecule has 0 atom stereocenters. The maximum absolute atomic E-state index is 12.5. The molecular formula is C16H24N2O3. The highest BCUT2D eigenvalue weighted by Gasteiger charge is 2.38. The van der Waals surface area contributed by atoms with Crippen molar-refractivity contribution in [2.75, 3.05) is 13.6 Å². The second kappa shape index (κ2) is 6.61. The zero-order chi connectivity index (χ0) is 16.2. The Hall–Kier alpha value is -2.04. The van der Waals surface area contributed by atoms with Crippen molar-refractivity contribution in [3.63, 3.8) is 0 Å². The summed E-state index contributed by atoms with van der Waals surface area (Å²) in [6.45, 7) is 7.65. The topological polar surface area (TPSA) is 60.9 Å². The fourth-order valence-corrected chi connectivity index (χ4v) is 2.24. The van der Waals surface area contributed by atoms with Crippen LogP contribution in [0.1, 0.15) is 31.9 Å². The molecule has 2 amide bonds. The van der Waals surface area contributed by atoms with E-state index in [0.29, 0.717) is 13.1 Å². The SMILES string of the molecule is CCN(C(=O)N(C)Cc1cccc(C)c1)C(C)(C)C(=O)O. The molecule has 0 bridgehead atoms. The Morgan fingerprint density at radius 3 is 2.38 bits per heavy atom. The third kappa shape index (κ3) is 3.97. The number of carbonyl (C=O) groups is 2. The highest BCUT2D eigenvalue weighted by Crippen LogP contribution is 2.17.